The van der Waals surface area contributed by atoms with Crippen molar-refractivity contribution in [1.82, 2.24) is 0 Å². The molecule has 1 fully saturated rings. The third-order valence-electron chi connectivity index (χ3n) is 7.23. The van der Waals surface area contributed by atoms with Crippen molar-refractivity contribution in [1.29, 1.82) is 0 Å². The lowest BCUT2D eigenvalue weighted by atomic mass is 9.66. The molecule has 1 aliphatic rings. The standard InChI is InChI=1S/C24H49NO/c1-5-7-10-21-16-22(11-9-15-25)18-24(4,14-13-20(3)19-26)23(17-21)12-8-6-2/h20-23,26H,5-19,25H2,1-4H3/t20-,21?,22?,23?,24?/m0/s1. The maximum absolute atomic E-state index is 9.50. The van der Waals surface area contributed by atoms with Crippen LogP contribution in [0.25, 0.3) is 0 Å². The predicted octanol–water partition coefficient (Wildman–Crippen LogP) is 6.55. The lowest BCUT2D eigenvalue weighted by Crippen LogP contribution is -2.30. The quantitative estimate of drug-likeness (QED) is 0.362. The van der Waals surface area contributed by atoms with E-state index in [0.717, 1.165) is 24.3 Å². The average molecular weight is 368 g/mol. The molecule has 1 aliphatic carbocycles. The highest BCUT2D eigenvalue weighted by molar-refractivity contribution is 4.90. The molecule has 0 amide bonds. The highest BCUT2D eigenvalue weighted by atomic mass is 16.3. The molecule has 0 radical (unpaired) electrons. The van der Waals surface area contributed by atoms with Crippen LogP contribution in [-0.2, 0) is 0 Å². The first-order valence-electron chi connectivity index (χ1n) is 11.8. The Hall–Kier alpha value is -0.0800. The first-order chi connectivity index (χ1) is 12.5. The van der Waals surface area contributed by atoms with Gasteiger partial charge in [0, 0.05) is 6.61 Å². The van der Waals surface area contributed by atoms with Gasteiger partial charge in [-0.1, -0.05) is 59.8 Å². The molecular formula is C24H49NO. The number of nitrogens with two attached hydrogens (primary N) is 1. The van der Waals surface area contributed by atoms with Gasteiger partial charge in [0.05, 0.1) is 0 Å². The van der Waals surface area contributed by atoms with Gasteiger partial charge in [-0.05, 0) is 87.0 Å². The van der Waals surface area contributed by atoms with E-state index in [-0.39, 0.29) is 0 Å². The van der Waals surface area contributed by atoms with Crippen LogP contribution in [0.15, 0.2) is 0 Å². The van der Waals surface area contributed by atoms with E-state index in [1.165, 1.54) is 83.5 Å². The van der Waals surface area contributed by atoms with Crippen LogP contribution >= 0.6 is 0 Å². The molecule has 0 bridgehead atoms. The summed E-state index contributed by atoms with van der Waals surface area (Å²) >= 11 is 0. The summed E-state index contributed by atoms with van der Waals surface area (Å²) in [4.78, 5) is 0. The number of aliphatic hydroxyl groups is 1. The molecule has 0 heterocycles. The van der Waals surface area contributed by atoms with Crippen molar-refractivity contribution in [2.45, 2.75) is 111 Å². The Labute approximate surface area is 164 Å². The third-order valence-corrected chi connectivity index (χ3v) is 7.23. The lowest BCUT2D eigenvalue weighted by molar-refractivity contribution is 0.103. The second kappa shape index (κ2) is 13.2. The molecule has 3 N–H and O–H groups in total. The molecule has 4 unspecified atom stereocenters. The zero-order chi connectivity index (χ0) is 19.4. The van der Waals surface area contributed by atoms with Gasteiger partial charge < -0.3 is 10.8 Å². The molecule has 1 rings (SSSR count). The maximum atomic E-state index is 9.50. The van der Waals surface area contributed by atoms with Gasteiger partial charge in [-0.2, -0.15) is 0 Å². The Bertz CT molecular complexity index is 345. The summed E-state index contributed by atoms with van der Waals surface area (Å²) in [6.07, 6.45) is 17.5. The van der Waals surface area contributed by atoms with Crippen molar-refractivity contribution in [3.05, 3.63) is 0 Å². The fourth-order valence-electron chi connectivity index (χ4n) is 5.41. The zero-order valence-electron chi connectivity index (χ0n) is 18.4. The van der Waals surface area contributed by atoms with Crippen LogP contribution < -0.4 is 5.73 Å². The minimum absolute atomic E-state index is 0.339. The van der Waals surface area contributed by atoms with Crippen LogP contribution in [0.2, 0.25) is 0 Å². The zero-order valence-corrected chi connectivity index (χ0v) is 18.4. The minimum Gasteiger partial charge on any atom is -0.396 e. The monoisotopic (exact) mass is 367 g/mol. The van der Waals surface area contributed by atoms with Crippen LogP contribution in [0.3, 0.4) is 0 Å². The Morgan fingerprint density at radius 1 is 1.00 bits per heavy atom. The first kappa shape index (κ1) is 24.0. The van der Waals surface area contributed by atoms with Gasteiger partial charge in [0.15, 0.2) is 0 Å². The fraction of sp³-hybridized carbons (Fsp3) is 1.00. The van der Waals surface area contributed by atoms with E-state index in [1.54, 1.807) is 0 Å². The van der Waals surface area contributed by atoms with E-state index in [0.29, 0.717) is 17.9 Å². The molecule has 0 spiro atoms. The highest BCUT2D eigenvalue weighted by Crippen LogP contribution is 2.51. The Morgan fingerprint density at radius 2 is 1.65 bits per heavy atom. The smallest absolute Gasteiger partial charge is 0.0456 e. The van der Waals surface area contributed by atoms with E-state index in [4.69, 9.17) is 5.73 Å². The summed E-state index contributed by atoms with van der Waals surface area (Å²) in [6, 6.07) is 0. The van der Waals surface area contributed by atoms with E-state index in [1.807, 2.05) is 0 Å². The largest absolute Gasteiger partial charge is 0.396 e. The van der Waals surface area contributed by atoms with E-state index in [2.05, 4.69) is 27.7 Å². The van der Waals surface area contributed by atoms with Gasteiger partial charge >= 0.3 is 0 Å². The maximum Gasteiger partial charge on any atom is 0.0456 e. The molecule has 0 aromatic heterocycles. The Morgan fingerprint density at radius 3 is 2.27 bits per heavy atom. The van der Waals surface area contributed by atoms with Crippen molar-refractivity contribution in [2.75, 3.05) is 13.2 Å². The lowest BCUT2D eigenvalue weighted by Gasteiger charge is -2.39. The molecule has 156 valence electrons. The Balaban J connectivity index is 2.93. The van der Waals surface area contributed by atoms with Crippen molar-refractivity contribution < 1.29 is 5.11 Å². The number of hydrogen-bond acceptors (Lipinski definition) is 2. The SMILES string of the molecule is CCCCC1CC(CCCN)CC(C)(CC[C@H](C)CO)C(CCCC)C1. The van der Waals surface area contributed by atoms with Gasteiger partial charge in [0.25, 0.3) is 0 Å². The Kier molecular flexibility index (Phi) is 12.1. The van der Waals surface area contributed by atoms with Crippen LogP contribution in [0.5, 0.6) is 0 Å². The molecule has 26 heavy (non-hydrogen) atoms. The molecule has 0 saturated heterocycles. The average Bonchev–Trinajstić information content (AvgIpc) is 2.77. The van der Waals surface area contributed by atoms with Crippen LogP contribution in [-0.4, -0.2) is 18.3 Å². The number of hydrogen-bond donors (Lipinski definition) is 2. The molecule has 0 aromatic carbocycles. The van der Waals surface area contributed by atoms with Gasteiger partial charge in [-0.3, -0.25) is 0 Å². The van der Waals surface area contributed by atoms with Crippen molar-refractivity contribution in [3.8, 4) is 0 Å². The number of unbranched alkanes of at least 4 members (excludes halogenated alkanes) is 2. The normalized spacial score (nSPS) is 30.9. The summed E-state index contributed by atoms with van der Waals surface area (Å²) in [5.74, 6) is 3.11. The van der Waals surface area contributed by atoms with Gasteiger partial charge in [-0.15, -0.1) is 0 Å². The summed E-state index contributed by atoms with van der Waals surface area (Å²) < 4.78 is 0. The van der Waals surface area contributed by atoms with Gasteiger partial charge in [-0.25, -0.2) is 0 Å². The summed E-state index contributed by atoms with van der Waals surface area (Å²) in [5.41, 5.74) is 6.31. The van der Waals surface area contributed by atoms with Gasteiger partial charge in [0.1, 0.15) is 0 Å². The molecule has 0 aliphatic heterocycles. The summed E-state index contributed by atoms with van der Waals surface area (Å²) in [5, 5.41) is 9.50. The first-order valence-corrected chi connectivity index (χ1v) is 11.8. The van der Waals surface area contributed by atoms with E-state index in [9.17, 15) is 5.11 Å². The third kappa shape index (κ3) is 8.30. The molecule has 2 heteroatoms. The van der Waals surface area contributed by atoms with Crippen LogP contribution in [0.1, 0.15) is 111 Å². The second-order valence-corrected chi connectivity index (χ2v) is 9.80. The van der Waals surface area contributed by atoms with Crippen molar-refractivity contribution in [3.63, 3.8) is 0 Å². The topological polar surface area (TPSA) is 46.2 Å². The molecule has 2 nitrogen and oxygen atoms in total. The summed E-state index contributed by atoms with van der Waals surface area (Å²) in [6.45, 7) is 10.6. The van der Waals surface area contributed by atoms with E-state index >= 15 is 0 Å². The highest BCUT2D eigenvalue weighted by Gasteiger charge is 2.40. The van der Waals surface area contributed by atoms with Crippen molar-refractivity contribution >= 4 is 0 Å². The minimum atomic E-state index is 0.339. The van der Waals surface area contributed by atoms with Gasteiger partial charge in [0.2, 0.25) is 0 Å². The number of rotatable bonds is 13. The molecule has 0 aromatic rings. The predicted molar refractivity (Wildman–Crippen MR) is 115 cm³/mol. The van der Waals surface area contributed by atoms with E-state index < -0.39 is 0 Å². The second-order valence-electron chi connectivity index (χ2n) is 9.80. The van der Waals surface area contributed by atoms with Crippen LogP contribution in [0, 0.1) is 29.1 Å². The molecule has 5 atom stereocenters. The van der Waals surface area contributed by atoms with Crippen molar-refractivity contribution in [2.24, 2.45) is 34.8 Å². The molecular weight excluding hydrogens is 318 g/mol. The summed E-state index contributed by atoms with van der Waals surface area (Å²) in [7, 11) is 0. The van der Waals surface area contributed by atoms with Crippen LogP contribution in [0.4, 0.5) is 0 Å². The fourth-order valence-corrected chi connectivity index (χ4v) is 5.41. The number of aliphatic hydroxyl groups excluding tert-OH is 1. The molecule has 1 saturated carbocycles.